The fourth-order valence-electron chi connectivity index (χ4n) is 2.82. The normalized spacial score (nSPS) is 20.1. The van der Waals surface area contributed by atoms with Crippen molar-refractivity contribution < 1.29 is 9.18 Å². The number of carbonyl (C=O) groups excluding carboxylic acids is 1. The van der Waals surface area contributed by atoms with Crippen LogP contribution in [0.15, 0.2) is 22.7 Å². The third kappa shape index (κ3) is 4.05. The van der Waals surface area contributed by atoms with E-state index < -0.39 is 0 Å². The van der Waals surface area contributed by atoms with Crippen molar-refractivity contribution in [2.45, 2.75) is 45.6 Å². The molecule has 0 aliphatic carbocycles. The van der Waals surface area contributed by atoms with Gasteiger partial charge in [-0.1, -0.05) is 25.8 Å². The molecule has 0 bridgehead atoms. The highest BCUT2D eigenvalue weighted by atomic mass is 79.9. The van der Waals surface area contributed by atoms with Gasteiger partial charge >= 0.3 is 0 Å². The van der Waals surface area contributed by atoms with E-state index in [9.17, 15) is 9.18 Å². The molecular weight excluding hydrogens is 321 g/mol. The summed E-state index contributed by atoms with van der Waals surface area (Å²) in [6, 6.07) is 4.96. The van der Waals surface area contributed by atoms with Crippen LogP contribution in [0, 0.1) is 11.7 Å². The Labute approximate surface area is 128 Å². The predicted molar refractivity (Wildman–Crippen MR) is 81.8 cm³/mol. The highest BCUT2D eigenvalue weighted by Gasteiger charge is 2.22. The van der Waals surface area contributed by atoms with Crippen molar-refractivity contribution in [3.8, 4) is 0 Å². The molecule has 0 aromatic heterocycles. The second kappa shape index (κ2) is 7.21. The van der Waals surface area contributed by atoms with E-state index >= 15 is 0 Å². The Hall–Kier alpha value is -0.900. The molecule has 1 saturated heterocycles. The van der Waals surface area contributed by atoms with Crippen molar-refractivity contribution in [1.29, 1.82) is 0 Å². The molecule has 20 heavy (non-hydrogen) atoms. The maximum absolute atomic E-state index is 13.2. The van der Waals surface area contributed by atoms with Gasteiger partial charge < -0.3 is 4.90 Å². The Bertz CT molecular complexity index is 478. The summed E-state index contributed by atoms with van der Waals surface area (Å²) >= 11 is 3.19. The number of hydrogen-bond donors (Lipinski definition) is 0. The number of halogens is 2. The van der Waals surface area contributed by atoms with Crippen LogP contribution in [0.5, 0.6) is 0 Å². The number of likely N-dealkylation sites (tertiary alicyclic amines) is 1. The zero-order valence-electron chi connectivity index (χ0n) is 11.9. The second-order valence-electron chi connectivity index (χ2n) is 5.55. The van der Waals surface area contributed by atoms with Gasteiger partial charge in [0.1, 0.15) is 5.82 Å². The molecule has 1 aromatic carbocycles. The first-order valence-corrected chi connectivity index (χ1v) is 8.11. The SMILES string of the molecule is CCCC1CCC(=O)N(Cc2ccc(F)c(Br)c2)CC1. The van der Waals surface area contributed by atoms with E-state index in [1.54, 1.807) is 12.1 Å². The van der Waals surface area contributed by atoms with Gasteiger partial charge in [0.15, 0.2) is 0 Å². The summed E-state index contributed by atoms with van der Waals surface area (Å²) < 4.78 is 13.7. The lowest BCUT2D eigenvalue weighted by Gasteiger charge is -2.21. The summed E-state index contributed by atoms with van der Waals surface area (Å²) in [6.07, 6.45) is 5.14. The quantitative estimate of drug-likeness (QED) is 0.788. The molecule has 1 fully saturated rings. The van der Waals surface area contributed by atoms with Crippen LogP contribution in [0.25, 0.3) is 0 Å². The topological polar surface area (TPSA) is 20.3 Å². The molecule has 4 heteroatoms. The first-order valence-electron chi connectivity index (χ1n) is 7.32. The molecule has 0 N–H and O–H groups in total. The van der Waals surface area contributed by atoms with Gasteiger partial charge in [0.05, 0.1) is 4.47 Å². The molecule has 1 heterocycles. The summed E-state index contributed by atoms with van der Waals surface area (Å²) in [6.45, 7) is 3.59. The monoisotopic (exact) mass is 341 g/mol. The average Bonchev–Trinajstić information content (AvgIpc) is 2.59. The highest BCUT2D eigenvalue weighted by Crippen LogP contribution is 2.24. The van der Waals surface area contributed by atoms with Gasteiger partial charge in [-0.2, -0.15) is 0 Å². The van der Waals surface area contributed by atoms with Crippen LogP contribution in [0.3, 0.4) is 0 Å². The average molecular weight is 342 g/mol. The predicted octanol–water partition coefficient (Wildman–Crippen LogP) is 4.52. The number of amides is 1. The standard InChI is InChI=1S/C16H21BrFNO/c1-2-3-12-5-7-16(20)19(9-8-12)11-13-4-6-15(18)14(17)10-13/h4,6,10,12H,2-3,5,7-9,11H2,1H3. The molecular formula is C16H21BrFNO. The molecule has 2 rings (SSSR count). The van der Waals surface area contributed by atoms with Crippen molar-refractivity contribution in [3.05, 3.63) is 34.1 Å². The Morgan fingerprint density at radius 2 is 2.20 bits per heavy atom. The highest BCUT2D eigenvalue weighted by molar-refractivity contribution is 9.10. The zero-order chi connectivity index (χ0) is 14.5. The van der Waals surface area contributed by atoms with E-state index in [0.29, 0.717) is 23.4 Å². The van der Waals surface area contributed by atoms with Gasteiger partial charge in [0.2, 0.25) is 5.91 Å². The maximum Gasteiger partial charge on any atom is 0.222 e. The van der Waals surface area contributed by atoms with Crippen LogP contribution in [0.2, 0.25) is 0 Å². The van der Waals surface area contributed by atoms with E-state index in [0.717, 1.165) is 24.9 Å². The van der Waals surface area contributed by atoms with E-state index in [-0.39, 0.29) is 11.7 Å². The Kier molecular flexibility index (Phi) is 5.58. The molecule has 1 atom stereocenters. The lowest BCUT2D eigenvalue weighted by Crippen LogP contribution is -2.29. The Morgan fingerprint density at radius 3 is 2.90 bits per heavy atom. The third-order valence-corrected chi connectivity index (χ3v) is 4.59. The van der Waals surface area contributed by atoms with Gasteiger partial charge in [0.25, 0.3) is 0 Å². The van der Waals surface area contributed by atoms with Crippen molar-refractivity contribution in [3.63, 3.8) is 0 Å². The molecule has 1 aromatic rings. The number of carbonyl (C=O) groups is 1. The molecule has 110 valence electrons. The number of hydrogen-bond acceptors (Lipinski definition) is 1. The minimum atomic E-state index is -0.265. The van der Waals surface area contributed by atoms with Gasteiger partial charge in [-0.15, -0.1) is 0 Å². The lowest BCUT2D eigenvalue weighted by atomic mass is 9.96. The summed E-state index contributed by atoms with van der Waals surface area (Å²) in [5, 5.41) is 0. The molecule has 1 aliphatic heterocycles. The summed E-state index contributed by atoms with van der Waals surface area (Å²) in [5.74, 6) is 0.636. The van der Waals surface area contributed by atoms with Gasteiger partial charge in [0, 0.05) is 19.5 Å². The van der Waals surface area contributed by atoms with Crippen molar-refractivity contribution in [2.24, 2.45) is 5.92 Å². The number of rotatable bonds is 4. The van der Waals surface area contributed by atoms with Crippen LogP contribution in [-0.2, 0) is 11.3 Å². The van der Waals surface area contributed by atoms with Gasteiger partial charge in [-0.3, -0.25) is 4.79 Å². The molecule has 2 nitrogen and oxygen atoms in total. The zero-order valence-corrected chi connectivity index (χ0v) is 13.5. The van der Waals surface area contributed by atoms with E-state index in [4.69, 9.17) is 0 Å². The molecule has 0 spiro atoms. The molecule has 1 aliphatic rings. The first-order chi connectivity index (χ1) is 9.60. The second-order valence-corrected chi connectivity index (χ2v) is 6.40. The van der Waals surface area contributed by atoms with E-state index in [2.05, 4.69) is 22.9 Å². The largest absolute Gasteiger partial charge is 0.338 e. The van der Waals surface area contributed by atoms with E-state index in [1.165, 1.54) is 18.9 Å². The van der Waals surface area contributed by atoms with Crippen LogP contribution in [-0.4, -0.2) is 17.4 Å². The third-order valence-electron chi connectivity index (χ3n) is 3.98. The number of benzene rings is 1. The minimum Gasteiger partial charge on any atom is -0.338 e. The van der Waals surface area contributed by atoms with Crippen molar-refractivity contribution in [1.82, 2.24) is 4.90 Å². The Balaban J connectivity index is 2.00. The smallest absolute Gasteiger partial charge is 0.222 e. The maximum atomic E-state index is 13.2. The molecule has 1 unspecified atom stereocenters. The summed E-state index contributed by atoms with van der Waals surface area (Å²) in [5.41, 5.74) is 0.973. The number of nitrogens with zero attached hydrogens (tertiary/aromatic N) is 1. The van der Waals surface area contributed by atoms with E-state index in [1.807, 2.05) is 4.90 Å². The van der Waals surface area contributed by atoms with Crippen LogP contribution < -0.4 is 0 Å². The van der Waals surface area contributed by atoms with Crippen LogP contribution in [0.1, 0.15) is 44.6 Å². The van der Waals surface area contributed by atoms with Crippen LogP contribution >= 0.6 is 15.9 Å². The Morgan fingerprint density at radius 1 is 1.40 bits per heavy atom. The van der Waals surface area contributed by atoms with Gasteiger partial charge in [-0.05, 0) is 52.4 Å². The molecule has 0 radical (unpaired) electrons. The fourth-order valence-corrected chi connectivity index (χ4v) is 3.24. The summed E-state index contributed by atoms with van der Waals surface area (Å²) in [7, 11) is 0. The van der Waals surface area contributed by atoms with Crippen LogP contribution in [0.4, 0.5) is 4.39 Å². The fraction of sp³-hybridized carbons (Fsp3) is 0.562. The lowest BCUT2D eigenvalue weighted by molar-refractivity contribution is -0.131. The summed E-state index contributed by atoms with van der Waals surface area (Å²) in [4.78, 5) is 14.1. The minimum absolute atomic E-state index is 0.226. The van der Waals surface area contributed by atoms with Crippen molar-refractivity contribution >= 4 is 21.8 Å². The van der Waals surface area contributed by atoms with Crippen molar-refractivity contribution in [2.75, 3.05) is 6.54 Å². The molecule has 1 amide bonds. The molecule has 0 saturated carbocycles. The van der Waals surface area contributed by atoms with Gasteiger partial charge in [-0.25, -0.2) is 4.39 Å². The first kappa shape index (κ1) is 15.5.